The number of carbonyl (C=O) groups excluding carboxylic acids is 2. The molecule has 1 saturated heterocycles. The monoisotopic (exact) mass is 322 g/mol. The van der Waals surface area contributed by atoms with E-state index in [1.54, 1.807) is 4.90 Å². The summed E-state index contributed by atoms with van der Waals surface area (Å²) in [6.07, 6.45) is 1.38. The second kappa shape index (κ2) is 7.30. The first-order valence-corrected chi connectivity index (χ1v) is 8.35. The van der Waals surface area contributed by atoms with Gasteiger partial charge in [0.1, 0.15) is 6.04 Å². The predicted molar refractivity (Wildman–Crippen MR) is 93.7 cm³/mol. The van der Waals surface area contributed by atoms with Gasteiger partial charge in [-0.25, -0.2) is 4.79 Å². The van der Waals surface area contributed by atoms with Gasteiger partial charge in [0.2, 0.25) is 0 Å². The molecule has 4 heteroatoms. The molecule has 1 unspecified atom stereocenters. The predicted octanol–water partition coefficient (Wildman–Crippen LogP) is 3.34. The summed E-state index contributed by atoms with van der Waals surface area (Å²) in [5.41, 5.74) is 2.32. The number of hydrogen-bond donors (Lipinski definition) is 1. The minimum absolute atomic E-state index is 0.198. The van der Waals surface area contributed by atoms with Crippen molar-refractivity contribution >= 4 is 11.9 Å². The van der Waals surface area contributed by atoms with Crippen LogP contribution < -0.4 is 5.32 Å². The van der Waals surface area contributed by atoms with Crippen LogP contribution in [0.3, 0.4) is 0 Å². The second-order valence-electron chi connectivity index (χ2n) is 6.29. The highest BCUT2D eigenvalue weighted by Crippen LogP contribution is 2.21. The van der Waals surface area contributed by atoms with Crippen molar-refractivity contribution in [3.05, 3.63) is 71.8 Å². The molecule has 0 bridgehead atoms. The van der Waals surface area contributed by atoms with Crippen molar-refractivity contribution in [1.29, 1.82) is 0 Å². The molecule has 124 valence electrons. The van der Waals surface area contributed by atoms with Gasteiger partial charge >= 0.3 is 6.03 Å². The molecular weight excluding hydrogens is 300 g/mol. The molecule has 1 fully saturated rings. The van der Waals surface area contributed by atoms with E-state index in [0.29, 0.717) is 18.9 Å². The van der Waals surface area contributed by atoms with Crippen molar-refractivity contribution in [3.63, 3.8) is 0 Å². The number of nitrogens with zero attached hydrogens (tertiary/aromatic N) is 1. The topological polar surface area (TPSA) is 49.4 Å². The Morgan fingerprint density at radius 3 is 2.29 bits per heavy atom. The van der Waals surface area contributed by atoms with Gasteiger partial charge < -0.3 is 4.90 Å². The maximum Gasteiger partial charge on any atom is 0.324 e. The summed E-state index contributed by atoms with van der Waals surface area (Å²) in [5, 5.41) is 2.45. The van der Waals surface area contributed by atoms with E-state index in [2.05, 4.69) is 24.4 Å². The molecule has 2 aromatic rings. The minimum atomic E-state index is -0.414. The van der Waals surface area contributed by atoms with Crippen molar-refractivity contribution in [2.24, 2.45) is 0 Å². The van der Waals surface area contributed by atoms with Gasteiger partial charge in [0.25, 0.3) is 5.91 Å². The third-order valence-corrected chi connectivity index (χ3v) is 4.61. The lowest BCUT2D eigenvalue weighted by atomic mass is 9.97. The van der Waals surface area contributed by atoms with Gasteiger partial charge in [0, 0.05) is 13.0 Å². The molecule has 2 atom stereocenters. The maximum atomic E-state index is 12.1. The van der Waals surface area contributed by atoms with E-state index >= 15 is 0 Å². The van der Waals surface area contributed by atoms with Crippen LogP contribution in [-0.2, 0) is 11.2 Å². The molecule has 3 amide bonds. The Morgan fingerprint density at radius 2 is 1.62 bits per heavy atom. The molecule has 3 rings (SSSR count). The Labute approximate surface area is 142 Å². The Balaban J connectivity index is 1.66. The summed E-state index contributed by atoms with van der Waals surface area (Å²) in [7, 11) is 0. The van der Waals surface area contributed by atoms with Gasteiger partial charge in [0.05, 0.1) is 0 Å². The van der Waals surface area contributed by atoms with Crippen LogP contribution in [0.15, 0.2) is 60.7 Å². The van der Waals surface area contributed by atoms with Crippen LogP contribution in [0.2, 0.25) is 0 Å². The van der Waals surface area contributed by atoms with Crippen molar-refractivity contribution in [3.8, 4) is 0 Å². The van der Waals surface area contributed by atoms with E-state index in [1.165, 1.54) is 5.56 Å². The smallest absolute Gasteiger partial charge is 0.312 e. The molecule has 1 N–H and O–H groups in total. The van der Waals surface area contributed by atoms with Gasteiger partial charge in [-0.2, -0.15) is 0 Å². The highest BCUT2D eigenvalue weighted by Gasteiger charge is 2.37. The Hall–Kier alpha value is -2.62. The minimum Gasteiger partial charge on any atom is -0.312 e. The summed E-state index contributed by atoms with van der Waals surface area (Å²) in [6, 6.07) is 19.4. The van der Waals surface area contributed by atoms with E-state index in [-0.39, 0.29) is 11.9 Å². The van der Waals surface area contributed by atoms with Crippen LogP contribution in [0.4, 0.5) is 4.79 Å². The van der Waals surface area contributed by atoms with Gasteiger partial charge in [-0.3, -0.25) is 10.1 Å². The average molecular weight is 322 g/mol. The van der Waals surface area contributed by atoms with Crippen LogP contribution in [0, 0.1) is 0 Å². The third kappa shape index (κ3) is 3.65. The molecule has 4 nitrogen and oxygen atoms in total. The summed E-state index contributed by atoms with van der Waals surface area (Å²) in [6.45, 7) is 2.72. The molecule has 1 aliphatic heterocycles. The zero-order valence-corrected chi connectivity index (χ0v) is 13.8. The third-order valence-electron chi connectivity index (χ3n) is 4.61. The highest BCUT2D eigenvalue weighted by molar-refractivity contribution is 6.04. The largest absolute Gasteiger partial charge is 0.324 e. The number of nitrogens with one attached hydrogen (secondary N) is 1. The maximum absolute atomic E-state index is 12.1. The Kier molecular flexibility index (Phi) is 4.94. The fourth-order valence-corrected chi connectivity index (χ4v) is 3.12. The molecular formula is C20H22N2O2. The van der Waals surface area contributed by atoms with E-state index in [9.17, 15) is 9.59 Å². The second-order valence-corrected chi connectivity index (χ2v) is 6.29. The summed E-state index contributed by atoms with van der Waals surface area (Å²) in [5.74, 6) is 0.142. The van der Waals surface area contributed by atoms with E-state index in [1.807, 2.05) is 48.5 Å². The van der Waals surface area contributed by atoms with E-state index < -0.39 is 6.04 Å². The first-order chi connectivity index (χ1) is 11.6. The number of urea groups is 1. The molecule has 1 heterocycles. The Bertz CT molecular complexity index is 700. The fourth-order valence-electron chi connectivity index (χ4n) is 3.12. The molecule has 2 aromatic carbocycles. The van der Waals surface area contributed by atoms with Crippen molar-refractivity contribution in [2.45, 2.75) is 31.7 Å². The van der Waals surface area contributed by atoms with Crippen LogP contribution in [0.5, 0.6) is 0 Å². The Morgan fingerprint density at radius 1 is 1.00 bits per heavy atom. The number of benzene rings is 2. The van der Waals surface area contributed by atoms with Gasteiger partial charge in [-0.05, 0) is 23.5 Å². The lowest BCUT2D eigenvalue weighted by molar-refractivity contribution is -0.121. The molecule has 24 heavy (non-hydrogen) atoms. The fraction of sp³-hybridized carbons (Fsp3) is 0.300. The van der Waals surface area contributed by atoms with Gasteiger partial charge in [-0.1, -0.05) is 67.6 Å². The number of rotatable bonds is 6. The number of hydrogen-bond acceptors (Lipinski definition) is 2. The van der Waals surface area contributed by atoms with Gasteiger partial charge in [0.15, 0.2) is 0 Å². The standard InChI is InChI=1S/C20H22N2O2/c1-15(17-10-6-3-7-11-17)12-13-22-18(19(23)21-20(22)24)14-16-8-4-2-5-9-16/h2-11,15,18H,12-14H2,1H3,(H,21,23,24)/t15?,18-/m0/s1. The summed E-state index contributed by atoms with van der Waals surface area (Å²) < 4.78 is 0. The molecule has 0 spiro atoms. The SMILES string of the molecule is CC(CCN1C(=O)NC(=O)[C@@H]1Cc1ccccc1)c1ccccc1. The highest BCUT2D eigenvalue weighted by atomic mass is 16.2. The van der Waals surface area contributed by atoms with Crippen LogP contribution in [0.1, 0.15) is 30.4 Å². The normalized spacial score (nSPS) is 18.5. The first kappa shape index (κ1) is 16.2. The van der Waals surface area contributed by atoms with Gasteiger partial charge in [-0.15, -0.1) is 0 Å². The lowest BCUT2D eigenvalue weighted by Gasteiger charge is -2.23. The summed E-state index contributed by atoms with van der Waals surface area (Å²) in [4.78, 5) is 25.9. The molecule has 0 radical (unpaired) electrons. The number of carbonyl (C=O) groups is 2. The van der Waals surface area contributed by atoms with Crippen LogP contribution in [0.25, 0.3) is 0 Å². The van der Waals surface area contributed by atoms with Crippen molar-refractivity contribution in [2.75, 3.05) is 6.54 Å². The quantitative estimate of drug-likeness (QED) is 0.829. The molecule has 0 aliphatic carbocycles. The van der Waals surface area contributed by atoms with E-state index in [4.69, 9.17) is 0 Å². The molecule has 0 saturated carbocycles. The van der Waals surface area contributed by atoms with E-state index in [0.717, 1.165) is 12.0 Å². The number of amides is 3. The molecule has 1 aliphatic rings. The zero-order valence-electron chi connectivity index (χ0n) is 13.8. The van der Waals surface area contributed by atoms with Crippen molar-refractivity contribution < 1.29 is 9.59 Å². The van der Waals surface area contributed by atoms with Crippen molar-refractivity contribution in [1.82, 2.24) is 10.2 Å². The number of imide groups is 1. The summed E-state index contributed by atoms with van der Waals surface area (Å²) >= 11 is 0. The van der Waals surface area contributed by atoms with Crippen LogP contribution >= 0.6 is 0 Å². The van der Waals surface area contributed by atoms with Crippen LogP contribution in [-0.4, -0.2) is 29.4 Å². The zero-order chi connectivity index (χ0) is 16.9. The first-order valence-electron chi connectivity index (χ1n) is 8.35. The lowest BCUT2D eigenvalue weighted by Crippen LogP contribution is -2.37. The molecule has 0 aromatic heterocycles. The average Bonchev–Trinajstić information content (AvgIpc) is 2.87.